The van der Waals surface area contributed by atoms with Crippen molar-refractivity contribution in [1.29, 1.82) is 0 Å². The highest BCUT2D eigenvalue weighted by Crippen LogP contribution is 2.46. The summed E-state index contributed by atoms with van der Waals surface area (Å²) in [6.45, 7) is 28.5. The molecule has 0 aliphatic carbocycles. The molecule has 3 amide bonds. The number of amides is 3. The van der Waals surface area contributed by atoms with Gasteiger partial charge in [-0.05, 0) is 161 Å². The molecule has 0 aromatic carbocycles. The molecule has 6 N–H and O–H groups in total. The number of carbonyl (C=O) groups is 15. The lowest BCUT2D eigenvalue weighted by atomic mass is 10.1. The van der Waals surface area contributed by atoms with Crippen LogP contribution in [0.2, 0.25) is 0 Å². The molecule has 6 heterocycles. The van der Waals surface area contributed by atoms with Crippen LogP contribution in [0.3, 0.4) is 0 Å². The fourth-order valence-corrected chi connectivity index (χ4v) is 26.2. The van der Waals surface area contributed by atoms with Gasteiger partial charge in [-0.15, -0.1) is 34.0 Å². The third kappa shape index (κ3) is 29.4. The van der Waals surface area contributed by atoms with Crippen LogP contribution in [0.4, 0.5) is 0 Å². The lowest BCUT2D eigenvalue weighted by Crippen LogP contribution is -2.41. The molecule has 126 heavy (non-hydrogen) atoms. The van der Waals surface area contributed by atoms with Crippen molar-refractivity contribution in [3.05, 3.63) is 34.9 Å². The van der Waals surface area contributed by atoms with E-state index in [1.165, 1.54) is 52.8 Å². The van der Waals surface area contributed by atoms with E-state index in [0.717, 1.165) is 83.1 Å². The molecule has 3 aromatic rings. The van der Waals surface area contributed by atoms with E-state index in [9.17, 15) is 122 Å². The van der Waals surface area contributed by atoms with E-state index in [2.05, 4.69) is 30.2 Å². The van der Waals surface area contributed by atoms with Crippen LogP contribution in [0, 0.1) is 0 Å². The van der Waals surface area contributed by atoms with E-state index < -0.39 is 258 Å². The molecule has 3 aromatic heterocycles. The Balaban J connectivity index is 0.000000399. The van der Waals surface area contributed by atoms with Crippen molar-refractivity contribution < 1.29 is 179 Å². The Hall–Kier alpha value is -9.27. The first-order valence-corrected chi connectivity index (χ1v) is 49.9. The molecule has 0 saturated heterocycles. The van der Waals surface area contributed by atoms with Gasteiger partial charge in [0.05, 0.1) is 15.7 Å². The van der Waals surface area contributed by atoms with Gasteiger partial charge in [0, 0.05) is 55.6 Å². The largest absolute Gasteiger partial charge is 0.451 e. The van der Waals surface area contributed by atoms with Gasteiger partial charge in [0.1, 0.15) is 25.3 Å². The summed E-state index contributed by atoms with van der Waals surface area (Å²) in [7, 11) is -24.9. The summed E-state index contributed by atoms with van der Waals surface area (Å²) in [5.74, 6) is -16.2. The van der Waals surface area contributed by atoms with Crippen LogP contribution in [-0.4, -0.2) is 248 Å². The van der Waals surface area contributed by atoms with Gasteiger partial charge in [0.2, 0.25) is 0 Å². The normalized spacial score (nSPS) is 20.5. The summed E-state index contributed by atoms with van der Waals surface area (Å²) in [6, 6.07) is 2.42. The SMILES string of the molecule is CCN[C@H]1C[C@H](C)S(=O)(=O)c2sc(S(=O)(=O)NC(=O)C(C)OC(=O)C(C)OC(=O)C(C)OC(=O)C(C)OC(=O)C(C)OC(C)=O)cc21.CCN[C@H]1C[C@H](C)S(=O)(=O)c2sc(S(=O)(=O)NC(=O)C(C)OC(=O)C(C)OC(=O)C(C)OC(=O)C(C)OC(C)=O)cc21.CCN[C@H]1C[C@H](C)S(=O)(=O)c2sc(S(=O)(=O)NC(=O)C(C)OC(=O)C(C)OC(=O)C(C)OC(C)=O)cc21. The van der Waals surface area contributed by atoms with Crippen LogP contribution in [0.25, 0.3) is 0 Å². The van der Waals surface area contributed by atoms with Crippen LogP contribution in [-0.2, 0) is 188 Å². The van der Waals surface area contributed by atoms with Crippen LogP contribution < -0.4 is 30.1 Å². The maximum absolute atomic E-state index is 13.0. The Kier molecular flexibility index (Phi) is 39.5. The van der Waals surface area contributed by atoms with Gasteiger partial charge in [-0.3, -0.25) is 28.8 Å². The van der Waals surface area contributed by atoms with E-state index >= 15 is 0 Å². The van der Waals surface area contributed by atoms with Crippen LogP contribution in [0.5, 0.6) is 0 Å². The van der Waals surface area contributed by atoms with Crippen molar-refractivity contribution in [3.8, 4) is 0 Å². The molecule has 18 atom stereocenters. The maximum Gasteiger partial charge on any atom is 0.347 e. The molecule has 3 aliphatic heterocycles. The number of thiophene rings is 3. The number of ether oxygens (including phenoxy) is 12. The van der Waals surface area contributed by atoms with Gasteiger partial charge in [0.25, 0.3) is 47.8 Å². The zero-order chi connectivity index (χ0) is 96.5. The Morgan fingerprint density at radius 3 is 0.627 bits per heavy atom. The molecule has 0 fully saturated rings. The van der Waals surface area contributed by atoms with Gasteiger partial charge in [0.15, 0.2) is 103 Å². The number of hydrogen-bond acceptors (Lipinski definition) is 45. The van der Waals surface area contributed by atoms with Crippen molar-refractivity contribution in [1.82, 2.24) is 30.1 Å². The average molecular weight is 1960 g/mol. The minimum atomic E-state index is -4.58. The fraction of sp³-hybridized carbons (Fsp3) is 0.625. The smallest absolute Gasteiger partial charge is 0.347 e. The summed E-state index contributed by atoms with van der Waals surface area (Å²) in [6.07, 6.45) is -17.4. The minimum Gasteiger partial charge on any atom is -0.451 e. The first-order valence-electron chi connectivity index (χ1n) is 38.3. The zero-order valence-electron chi connectivity index (χ0n) is 72.0. The van der Waals surface area contributed by atoms with Gasteiger partial charge in [-0.1, -0.05) is 20.8 Å². The predicted octanol–water partition coefficient (Wildman–Crippen LogP) is 1.55. The fourth-order valence-electron chi connectivity index (χ4n) is 11.1. The number of fused-ring (bicyclic) bond motifs is 3. The summed E-state index contributed by atoms with van der Waals surface area (Å²) in [5, 5.41) is 7.17. The van der Waals surface area contributed by atoms with E-state index in [1.807, 2.05) is 20.8 Å². The molecular weight excluding hydrogens is 1860 g/mol. The van der Waals surface area contributed by atoms with Crippen molar-refractivity contribution >= 4 is 183 Å². The van der Waals surface area contributed by atoms with Crippen molar-refractivity contribution in [2.75, 3.05) is 19.6 Å². The molecule has 54 heteroatoms. The first kappa shape index (κ1) is 109. The number of esters is 12. The third-order valence-electron chi connectivity index (χ3n) is 17.9. The van der Waals surface area contributed by atoms with Gasteiger partial charge >= 0.3 is 71.6 Å². The number of sulfone groups is 3. The molecule has 6 rings (SSSR count). The molecular formula is C72H102N6O39S9. The van der Waals surface area contributed by atoms with E-state index in [0.29, 0.717) is 64.8 Å². The second-order valence-corrected chi connectivity index (χ2v) is 45.0. The number of sulfonamides is 3. The Morgan fingerprint density at radius 2 is 0.468 bits per heavy atom. The van der Waals surface area contributed by atoms with Crippen LogP contribution in [0.1, 0.15) is 199 Å². The quantitative estimate of drug-likeness (QED) is 0.0355. The first-order chi connectivity index (χ1) is 57.9. The molecule has 708 valence electrons. The molecule has 12 unspecified atom stereocenters. The highest BCUT2D eigenvalue weighted by Gasteiger charge is 2.45. The molecule has 3 aliphatic rings. The second kappa shape index (κ2) is 45.6. The minimum absolute atomic E-state index is 0.0804. The molecule has 45 nitrogen and oxygen atoms in total. The van der Waals surface area contributed by atoms with Crippen LogP contribution >= 0.6 is 34.0 Å². The summed E-state index contributed by atoms with van der Waals surface area (Å²) in [4.78, 5) is 180. The van der Waals surface area contributed by atoms with E-state index in [4.69, 9.17) is 42.6 Å². The second-order valence-electron chi connectivity index (χ2n) is 28.4. The lowest BCUT2D eigenvalue weighted by molar-refractivity contribution is -0.185. The molecule has 0 radical (unpaired) electrons. The van der Waals surface area contributed by atoms with E-state index in [1.54, 1.807) is 21.1 Å². The highest BCUT2D eigenvalue weighted by molar-refractivity contribution is 7.97. The monoisotopic (exact) mass is 1960 g/mol. The molecule has 0 bridgehead atoms. The van der Waals surface area contributed by atoms with Crippen molar-refractivity contribution in [2.24, 2.45) is 0 Å². The summed E-state index contributed by atoms with van der Waals surface area (Å²) in [5.41, 5.74) is 0.890. The average Bonchev–Trinajstić information content (AvgIpc) is 1.61. The van der Waals surface area contributed by atoms with Crippen molar-refractivity contribution in [2.45, 2.75) is 297 Å². The number of hydrogen-bond donors (Lipinski definition) is 6. The van der Waals surface area contributed by atoms with Crippen LogP contribution in [0.15, 0.2) is 43.5 Å². The zero-order valence-corrected chi connectivity index (χ0v) is 79.3. The lowest BCUT2D eigenvalue weighted by Gasteiger charge is -2.27. The molecule has 0 saturated carbocycles. The number of carbonyl (C=O) groups excluding carboxylic acids is 15. The Labute approximate surface area is 739 Å². The van der Waals surface area contributed by atoms with Crippen molar-refractivity contribution in [3.63, 3.8) is 0 Å². The summed E-state index contributed by atoms with van der Waals surface area (Å²) < 4.78 is 216. The highest BCUT2D eigenvalue weighted by atomic mass is 32.3. The standard InChI is InChI=1S/C27H38N2O15S3.C24H34N2O13S3.C21H30N2O11S3/c1-9-28-20-10-12(2)46(36,37)27-19(20)11-21(45-27)47(38,39)29-22(31)13(3)41-24(33)15(5)43-26(35)17(7)44-25(34)16(6)42-23(32)14(4)40-18(8)30;1-8-25-18-9-11(2)41(32,33)24-17(18)10-19(40-24)42(34,35)26-20(28)12(3)37-22(30)14(5)39-23(31)15(6)38-21(29)13(4)36-16(7)27;1-7-22-16-8-10(2)36(28,29)21-15(16)9-17(35-21)37(30,31)23-18(25)11(3)33-20(27)13(5)34-19(26)12(4)32-14(6)24/h11-17,20,28H,9-10H2,1-8H3,(H,29,31);10-15,18,25H,8-9H2,1-7H3,(H,26,28);9-13,16,22H,7-8H2,1-6H3,(H,23,25)/t12-,13?,14?,15?,16?,17?,20-;11-,12?,13?,14?,15?,18-;10-,11?,12?,13?,16-/m000/s1. The summed E-state index contributed by atoms with van der Waals surface area (Å²) >= 11 is 1.56. The topological polar surface area (TPSA) is 644 Å². The predicted molar refractivity (Wildman–Crippen MR) is 436 cm³/mol. The Bertz CT molecular complexity index is 5330. The number of rotatable bonds is 36. The molecule has 0 spiro atoms. The van der Waals surface area contributed by atoms with Gasteiger partial charge < -0.3 is 72.8 Å². The van der Waals surface area contributed by atoms with E-state index in [-0.39, 0.29) is 47.7 Å². The number of nitrogens with one attached hydrogen (secondary N) is 6. The van der Waals surface area contributed by atoms with Gasteiger partial charge in [-0.25, -0.2) is 108 Å². The Morgan fingerprint density at radius 1 is 0.310 bits per heavy atom. The third-order valence-corrected chi connectivity index (χ3v) is 35.1. The van der Waals surface area contributed by atoms with Gasteiger partial charge in [-0.2, -0.15) is 0 Å². The maximum atomic E-state index is 13.0.